The lowest BCUT2D eigenvalue weighted by molar-refractivity contribution is -0.131. The van der Waals surface area contributed by atoms with Gasteiger partial charge in [0.1, 0.15) is 11.4 Å². The molecule has 0 saturated carbocycles. The lowest BCUT2D eigenvalue weighted by Crippen LogP contribution is -2.41. The average molecular weight is 412 g/mol. The summed E-state index contributed by atoms with van der Waals surface area (Å²) >= 11 is 9.40. The molecule has 3 rings (SSSR count). The van der Waals surface area contributed by atoms with Crippen molar-refractivity contribution in [3.63, 3.8) is 0 Å². The molecule has 124 valence electrons. The Morgan fingerprint density at radius 2 is 1.92 bits per heavy atom. The van der Waals surface area contributed by atoms with Gasteiger partial charge in [-0.2, -0.15) is 0 Å². The molecular formula is C17H13BrClFN2O2. The third kappa shape index (κ3) is 2.70. The number of urea groups is 1. The van der Waals surface area contributed by atoms with E-state index < -0.39 is 23.3 Å². The number of hydrogen-bond donors (Lipinski definition) is 1. The first-order chi connectivity index (χ1) is 11.3. The molecule has 4 nitrogen and oxygen atoms in total. The van der Waals surface area contributed by atoms with Crippen LogP contribution in [0.3, 0.4) is 0 Å². The summed E-state index contributed by atoms with van der Waals surface area (Å²) in [5.74, 6) is -1.02. The Balaban J connectivity index is 1.97. The summed E-state index contributed by atoms with van der Waals surface area (Å²) in [4.78, 5) is 26.2. The van der Waals surface area contributed by atoms with Gasteiger partial charge < -0.3 is 5.32 Å². The quantitative estimate of drug-likeness (QED) is 0.769. The molecule has 2 aromatic rings. The van der Waals surface area contributed by atoms with Crippen LogP contribution in [0.15, 0.2) is 46.9 Å². The van der Waals surface area contributed by atoms with Crippen LogP contribution >= 0.6 is 27.5 Å². The second-order valence-electron chi connectivity index (χ2n) is 5.63. The monoisotopic (exact) mass is 410 g/mol. The first-order valence-corrected chi connectivity index (χ1v) is 8.33. The smallest absolute Gasteiger partial charge is 0.319 e. The Kier molecular flexibility index (Phi) is 4.36. The average Bonchev–Trinajstić information content (AvgIpc) is 2.75. The van der Waals surface area contributed by atoms with Gasteiger partial charge in [-0.3, -0.25) is 9.69 Å². The zero-order chi connectivity index (χ0) is 17.5. The maximum Gasteiger partial charge on any atom is 0.325 e. The van der Waals surface area contributed by atoms with Crippen LogP contribution in [0.1, 0.15) is 18.1 Å². The number of carbonyl (C=O) groups is 2. The van der Waals surface area contributed by atoms with E-state index in [-0.39, 0.29) is 17.1 Å². The summed E-state index contributed by atoms with van der Waals surface area (Å²) in [6, 6.07) is 10.8. The van der Waals surface area contributed by atoms with Crippen LogP contribution in [0.2, 0.25) is 5.02 Å². The van der Waals surface area contributed by atoms with Crippen molar-refractivity contribution in [1.29, 1.82) is 0 Å². The topological polar surface area (TPSA) is 49.4 Å². The SMILES string of the molecule is C[C@@]1(c2ccccc2Br)NC(=O)N(Cc2c(F)cccc2Cl)C1=O. The predicted octanol–water partition coefficient (Wildman–Crippen LogP) is 4.21. The predicted molar refractivity (Wildman–Crippen MR) is 92.0 cm³/mol. The molecule has 1 N–H and O–H groups in total. The number of amides is 3. The molecule has 0 bridgehead atoms. The van der Waals surface area contributed by atoms with E-state index >= 15 is 0 Å². The number of carbonyl (C=O) groups excluding carboxylic acids is 2. The van der Waals surface area contributed by atoms with E-state index in [4.69, 9.17) is 11.6 Å². The molecular weight excluding hydrogens is 399 g/mol. The van der Waals surface area contributed by atoms with Gasteiger partial charge in [0, 0.05) is 20.6 Å². The van der Waals surface area contributed by atoms with E-state index in [9.17, 15) is 14.0 Å². The maximum atomic E-state index is 14.0. The number of benzene rings is 2. The van der Waals surface area contributed by atoms with Crippen LogP contribution in [0.4, 0.5) is 9.18 Å². The number of rotatable bonds is 3. The third-order valence-corrected chi connectivity index (χ3v) is 5.11. The van der Waals surface area contributed by atoms with Crippen molar-refractivity contribution in [3.05, 3.63) is 68.9 Å². The van der Waals surface area contributed by atoms with Gasteiger partial charge in [-0.1, -0.05) is 51.8 Å². The van der Waals surface area contributed by atoms with Crippen molar-refractivity contribution in [2.24, 2.45) is 0 Å². The maximum absolute atomic E-state index is 14.0. The number of halogens is 3. The third-order valence-electron chi connectivity index (χ3n) is 4.07. The van der Waals surface area contributed by atoms with E-state index in [1.165, 1.54) is 18.2 Å². The van der Waals surface area contributed by atoms with E-state index in [0.29, 0.717) is 10.0 Å². The Bertz CT molecular complexity index is 825. The molecule has 7 heteroatoms. The zero-order valence-electron chi connectivity index (χ0n) is 12.6. The molecule has 0 aromatic heterocycles. The van der Waals surface area contributed by atoms with E-state index in [2.05, 4.69) is 21.2 Å². The first-order valence-electron chi connectivity index (χ1n) is 7.16. The van der Waals surface area contributed by atoms with Crippen LogP contribution in [-0.2, 0) is 16.9 Å². The summed E-state index contributed by atoms with van der Waals surface area (Å²) in [5, 5.41) is 2.86. The van der Waals surface area contributed by atoms with E-state index in [1.807, 2.05) is 6.07 Å². The van der Waals surface area contributed by atoms with Crippen LogP contribution in [0.5, 0.6) is 0 Å². The van der Waals surface area contributed by atoms with Crippen LogP contribution in [0, 0.1) is 5.82 Å². The molecule has 3 amide bonds. The Labute approximate surface area is 151 Å². The van der Waals surface area contributed by atoms with Gasteiger partial charge in [0.15, 0.2) is 0 Å². The summed E-state index contributed by atoms with van der Waals surface area (Å²) in [6.07, 6.45) is 0. The summed E-state index contributed by atoms with van der Waals surface area (Å²) in [5.41, 5.74) is -0.487. The minimum atomic E-state index is -1.23. The summed E-state index contributed by atoms with van der Waals surface area (Å²) < 4.78 is 14.7. The fraction of sp³-hybridized carbons (Fsp3) is 0.176. The highest BCUT2D eigenvalue weighted by Gasteiger charge is 2.49. The second kappa shape index (κ2) is 6.18. The second-order valence-corrected chi connectivity index (χ2v) is 6.89. The molecule has 2 aromatic carbocycles. The highest BCUT2D eigenvalue weighted by Crippen LogP contribution is 2.34. The molecule has 1 atom stereocenters. The highest BCUT2D eigenvalue weighted by atomic mass is 79.9. The molecule has 0 unspecified atom stereocenters. The number of hydrogen-bond acceptors (Lipinski definition) is 2. The van der Waals surface area contributed by atoms with Crippen LogP contribution in [0.25, 0.3) is 0 Å². The molecule has 1 fully saturated rings. The van der Waals surface area contributed by atoms with Crippen LogP contribution in [-0.4, -0.2) is 16.8 Å². The van der Waals surface area contributed by atoms with Gasteiger partial charge in [-0.25, -0.2) is 9.18 Å². The standard InChI is InChI=1S/C17H13BrClFN2O2/c1-17(11-5-2-3-6-12(11)18)15(23)22(16(24)21-17)9-10-13(19)7-4-8-14(10)20/h2-8H,9H2,1H3,(H,21,24)/t17-/m0/s1. The van der Waals surface area contributed by atoms with Crippen LogP contribution < -0.4 is 5.32 Å². The van der Waals surface area contributed by atoms with Crippen molar-refractivity contribution in [2.45, 2.75) is 19.0 Å². The highest BCUT2D eigenvalue weighted by molar-refractivity contribution is 9.10. The van der Waals surface area contributed by atoms with Gasteiger partial charge >= 0.3 is 6.03 Å². The van der Waals surface area contributed by atoms with Crippen molar-refractivity contribution in [1.82, 2.24) is 10.2 Å². The first kappa shape index (κ1) is 16.9. The van der Waals surface area contributed by atoms with Gasteiger partial charge in [-0.15, -0.1) is 0 Å². The molecule has 1 saturated heterocycles. The fourth-order valence-corrected chi connectivity index (χ4v) is 3.64. The Morgan fingerprint density at radius 3 is 2.58 bits per heavy atom. The van der Waals surface area contributed by atoms with Gasteiger partial charge in [-0.05, 0) is 25.1 Å². The van der Waals surface area contributed by atoms with Gasteiger partial charge in [0.05, 0.1) is 6.54 Å². The van der Waals surface area contributed by atoms with Crippen molar-refractivity contribution >= 4 is 39.5 Å². The Hall–Kier alpha value is -1.92. The molecule has 0 spiro atoms. The van der Waals surface area contributed by atoms with E-state index in [1.54, 1.807) is 25.1 Å². The summed E-state index contributed by atoms with van der Waals surface area (Å²) in [6.45, 7) is 1.40. The Morgan fingerprint density at radius 1 is 1.21 bits per heavy atom. The summed E-state index contributed by atoms with van der Waals surface area (Å²) in [7, 11) is 0. The molecule has 0 aliphatic carbocycles. The lowest BCUT2D eigenvalue weighted by Gasteiger charge is -2.23. The van der Waals surface area contributed by atoms with Crippen molar-refractivity contribution < 1.29 is 14.0 Å². The van der Waals surface area contributed by atoms with Crippen molar-refractivity contribution in [2.75, 3.05) is 0 Å². The lowest BCUT2D eigenvalue weighted by atomic mass is 9.92. The van der Waals surface area contributed by atoms with Crippen molar-refractivity contribution in [3.8, 4) is 0 Å². The minimum absolute atomic E-state index is 0.110. The molecule has 1 aliphatic rings. The van der Waals surface area contributed by atoms with Gasteiger partial charge in [0.25, 0.3) is 5.91 Å². The fourth-order valence-electron chi connectivity index (χ4n) is 2.73. The van der Waals surface area contributed by atoms with E-state index in [0.717, 1.165) is 4.90 Å². The largest absolute Gasteiger partial charge is 0.325 e. The minimum Gasteiger partial charge on any atom is -0.319 e. The number of nitrogens with zero attached hydrogens (tertiary/aromatic N) is 1. The zero-order valence-corrected chi connectivity index (χ0v) is 15.0. The molecule has 1 heterocycles. The molecule has 0 radical (unpaired) electrons. The molecule has 1 aliphatic heterocycles. The normalized spacial score (nSPS) is 20.4. The van der Waals surface area contributed by atoms with Gasteiger partial charge in [0.2, 0.25) is 0 Å². The number of nitrogens with one attached hydrogen (secondary N) is 1. The molecule has 24 heavy (non-hydrogen) atoms. The number of imide groups is 1.